The summed E-state index contributed by atoms with van der Waals surface area (Å²) in [5.74, 6) is 0.721. The van der Waals surface area contributed by atoms with Crippen molar-refractivity contribution in [3.8, 4) is 0 Å². The maximum Gasteiger partial charge on any atom is 0.222 e. The van der Waals surface area contributed by atoms with Gasteiger partial charge in [-0.15, -0.1) is 0 Å². The molecule has 3 N–H and O–H groups in total. The number of hydrogen-bond donors (Lipinski definition) is 2. The van der Waals surface area contributed by atoms with Crippen molar-refractivity contribution in [2.24, 2.45) is 10.7 Å². The fraction of sp³-hybridized carbons (Fsp3) is 0.533. The van der Waals surface area contributed by atoms with E-state index in [-0.39, 0.29) is 5.91 Å². The maximum absolute atomic E-state index is 11.4. The molecule has 114 valence electrons. The van der Waals surface area contributed by atoms with Gasteiger partial charge in [0.25, 0.3) is 0 Å². The molecule has 1 aromatic rings. The van der Waals surface area contributed by atoms with Gasteiger partial charge in [0.05, 0.1) is 0 Å². The molecule has 1 amide bonds. The van der Waals surface area contributed by atoms with E-state index in [1.54, 1.807) is 6.20 Å². The second-order valence-electron chi connectivity index (χ2n) is 5.10. The van der Waals surface area contributed by atoms with Crippen molar-refractivity contribution < 1.29 is 4.79 Å². The number of rotatable bonds is 7. The Balaban J connectivity index is 1.57. The van der Waals surface area contributed by atoms with E-state index in [1.165, 1.54) is 0 Å². The summed E-state index contributed by atoms with van der Waals surface area (Å²) in [4.78, 5) is 21.8. The van der Waals surface area contributed by atoms with Gasteiger partial charge in [-0.2, -0.15) is 0 Å². The first-order valence-electron chi connectivity index (χ1n) is 7.47. The van der Waals surface area contributed by atoms with E-state index in [2.05, 4.69) is 15.3 Å². The molecule has 0 spiro atoms. The number of aliphatic imine (C=N–C) groups is 1. The molecule has 1 fully saturated rings. The van der Waals surface area contributed by atoms with Gasteiger partial charge in [0.1, 0.15) is 0 Å². The zero-order chi connectivity index (χ0) is 14.9. The summed E-state index contributed by atoms with van der Waals surface area (Å²) >= 11 is 0. The molecule has 6 nitrogen and oxygen atoms in total. The zero-order valence-corrected chi connectivity index (χ0v) is 12.3. The minimum Gasteiger partial charge on any atom is -0.370 e. The van der Waals surface area contributed by atoms with Gasteiger partial charge >= 0.3 is 0 Å². The highest BCUT2D eigenvalue weighted by Crippen LogP contribution is 2.09. The average molecular weight is 289 g/mol. The van der Waals surface area contributed by atoms with Crippen LogP contribution in [0.15, 0.2) is 29.4 Å². The van der Waals surface area contributed by atoms with Gasteiger partial charge in [-0.25, -0.2) is 0 Å². The van der Waals surface area contributed by atoms with Crippen LogP contribution in [0.5, 0.6) is 0 Å². The molecular weight excluding hydrogens is 266 g/mol. The zero-order valence-electron chi connectivity index (χ0n) is 12.3. The van der Waals surface area contributed by atoms with Gasteiger partial charge in [0.15, 0.2) is 5.96 Å². The average Bonchev–Trinajstić information content (AvgIpc) is 2.90. The standard InChI is InChI=1S/C15H23N5O/c16-15(19-10-7-13-5-1-2-8-17-13)18-9-4-12-20-11-3-6-14(20)21/h1-2,5,8H,3-4,6-7,9-12H2,(H3,16,18,19). The number of carbonyl (C=O) groups is 1. The Morgan fingerprint density at radius 2 is 2.38 bits per heavy atom. The quantitative estimate of drug-likeness (QED) is 0.436. The first-order chi connectivity index (χ1) is 10.3. The van der Waals surface area contributed by atoms with Crippen LogP contribution in [0.2, 0.25) is 0 Å². The Morgan fingerprint density at radius 3 is 3.10 bits per heavy atom. The van der Waals surface area contributed by atoms with Crippen LogP contribution in [0.25, 0.3) is 0 Å². The number of aromatic nitrogens is 1. The van der Waals surface area contributed by atoms with Crippen molar-refractivity contribution >= 4 is 11.9 Å². The van der Waals surface area contributed by atoms with Crippen LogP contribution in [-0.2, 0) is 11.2 Å². The second kappa shape index (κ2) is 8.24. The number of amides is 1. The lowest BCUT2D eigenvalue weighted by atomic mass is 10.3. The molecule has 0 bridgehead atoms. The largest absolute Gasteiger partial charge is 0.370 e. The van der Waals surface area contributed by atoms with Crippen molar-refractivity contribution in [3.63, 3.8) is 0 Å². The number of hydrogen-bond acceptors (Lipinski definition) is 3. The molecule has 0 radical (unpaired) electrons. The normalized spacial score (nSPS) is 15.5. The third kappa shape index (κ3) is 5.41. The Morgan fingerprint density at radius 1 is 1.48 bits per heavy atom. The van der Waals surface area contributed by atoms with E-state index >= 15 is 0 Å². The monoisotopic (exact) mass is 289 g/mol. The lowest BCUT2D eigenvalue weighted by molar-refractivity contribution is -0.127. The highest BCUT2D eigenvalue weighted by atomic mass is 16.2. The van der Waals surface area contributed by atoms with E-state index in [9.17, 15) is 4.79 Å². The van der Waals surface area contributed by atoms with Crippen LogP contribution in [0.1, 0.15) is 25.0 Å². The SMILES string of the molecule is NC(=NCCCN1CCCC1=O)NCCc1ccccn1. The lowest BCUT2D eigenvalue weighted by Gasteiger charge is -2.14. The van der Waals surface area contributed by atoms with Crippen LogP contribution < -0.4 is 11.1 Å². The minimum absolute atomic E-state index is 0.264. The number of carbonyl (C=O) groups excluding carboxylic acids is 1. The van der Waals surface area contributed by atoms with Crippen LogP contribution in [0.3, 0.4) is 0 Å². The number of nitrogens with one attached hydrogen (secondary N) is 1. The fourth-order valence-corrected chi connectivity index (χ4v) is 2.32. The number of nitrogens with two attached hydrogens (primary N) is 1. The van der Waals surface area contributed by atoms with E-state index < -0.39 is 0 Å². The van der Waals surface area contributed by atoms with Crippen molar-refractivity contribution in [1.82, 2.24) is 15.2 Å². The maximum atomic E-state index is 11.4. The van der Waals surface area contributed by atoms with E-state index in [4.69, 9.17) is 5.73 Å². The summed E-state index contributed by atoms with van der Waals surface area (Å²) in [5.41, 5.74) is 6.83. The molecule has 1 aromatic heterocycles. The molecule has 0 aliphatic carbocycles. The molecule has 21 heavy (non-hydrogen) atoms. The Hall–Kier alpha value is -2.11. The third-order valence-corrected chi connectivity index (χ3v) is 3.45. The summed E-state index contributed by atoms with van der Waals surface area (Å²) in [5, 5.41) is 3.08. The number of guanidine groups is 1. The highest BCUT2D eigenvalue weighted by molar-refractivity contribution is 5.78. The first kappa shape index (κ1) is 15.3. The van der Waals surface area contributed by atoms with Crippen molar-refractivity contribution in [2.45, 2.75) is 25.7 Å². The second-order valence-corrected chi connectivity index (χ2v) is 5.10. The van der Waals surface area contributed by atoms with Crippen LogP contribution in [0.4, 0.5) is 0 Å². The Bertz CT molecular complexity index is 474. The Labute approximate surface area is 125 Å². The summed E-state index contributed by atoms with van der Waals surface area (Å²) < 4.78 is 0. The molecule has 2 rings (SSSR count). The van der Waals surface area contributed by atoms with Crippen LogP contribution in [-0.4, -0.2) is 47.9 Å². The molecule has 1 aliphatic heterocycles. The molecule has 0 saturated carbocycles. The molecule has 0 unspecified atom stereocenters. The molecule has 0 aromatic carbocycles. The van der Waals surface area contributed by atoms with E-state index in [0.717, 1.165) is 44.6 Å². The molecule has 1 saturated heterocycles. The fourth-order valence-electron chi connectivity index (χ4n) is 2.32. The van der Waals surface area contributed by atoms with Gasteiger partial charge in [-0.3, -0.25) is 14.8 Å². The molecule has 0 atom stereocenters. The van der Waals surface area contributed by atoms with Crippen LogP contribution in [0, 0.1) is 0 Å². The van der Waals surface area contributed by atoms with Crippen molar-refractivity contribution in [2.75, 3.05) is 26.2 Å². The summed E-state index contributed by atoms with van der Waals surface area (Å²) in [6.07, 6.45) is 5.14. The topological polar surface area (TPSA) is 83.6 Å². The van der Waals surface area contributed by atoms with Gasteiger partial charge in [0, 0.05) is 50.9 Å². The molecular formula is C15H23N5O. The highest BCUT2D eigenvalue weighted by Gasteiger charge is 2.18. The number of likely N-dealkylation sites (tertiary alicyclic amines) is 1. The summed E-state index contributed by atoms with van der Waals surface area (Å²) in [7, 11) is 0. The number of pyridine rings is 1. The third-order valence-electron chi connectivity index (χ3n) is 3.45. The molecule has 2 heterocycles. The van der Waals surface area contributed by atoms with Gasteiger partial charge in [0.2, 0.25) is 5.91 Å². The molecule has 6 heteroatoms. The van der Waals surface area contributed by atoms with E-state index in [0.29, 0.717) is 18.9 Å². The summed E-state index contributed by atoms with van der Waals surface area (Å²) in [6.45, 7) is 3.03. The van der Waals surface area contributed by atoms with E-state index in [1.807, 2.05) is 23.1 Å². The molecule has 1 aliphatic rings. The Kier molecular flexibility index (Phi) is 5.99. The summed E-state index contributed by atoms with van der Waals surface area (Å²) in [6, 6.07) is 5.86. The van der Waals surface area contributed by atoms with Crippen molar-refractivity contribution in [3.05, 3.63) is 30.1 Å². The van der Waals surface area contributed by atoms with Gasteiger partial charge in [-0.1, -0.05) is 6.07 Å². The predicted molar refractivity (Wildman–Crippen MR) is 82.9 cm³/mol. The van der Waals surface area contributed by atoms with Crippen LogP contribution >= 0.6 is 0 Å². The number of nitrogens with zero attached hydrogens (tertiary/aromatic N) is 3. The first-order valence-corrected chi connectivity index (χ1v) is 7.47. The van der Waals surface area contributed by atoms with Gasteiger partial charge < -0.3 is 16.0 Å². The van der Waals surface area contributed by atoms with Gasteiger partial charge in [-0.05, 0) is 25.0 Å². The predicted octanol–water partition coefficient (Wildman–Crippen LogP) is 0.541. The lowest BCUT2D eigenvalue weighted by Crippen LogP contribution is -2.33. The van der Waals surface area contributed by atoms with Crippen molar-refractivity contribution in [1.29, 1.82) is 0 Å². The minimum atomic E-state index is 0.264. The smallest absolute Gasteiger partial charge is 0.222 e.